The molecule has 0 saturated carbocycles. The molecule has 0 unspecified atom stereocenters. The molecular weight excluding hydrogens is 672 g/mol. The van der Waals surface area contributed by atoms with Gasteiger partial charge in [-0.2, -0.15) is 0 Å². The number of methoxy groups -OCH3 is 4. The van der Waals surface area contributed by atoms with E-state index >= 15 is 0 Å². The number of benzene rings is 1. The third-order valence-electron chi connectivity index (χ3n) is 10.0. The minimum absolute atomic E-state index is 0.224. The van der Waals surface area contributed by atoms with Gasteiger partial charge in [-0.3, -0.25) is 9.59 Å². The van der Waals surface area contributed by atoms with Crippen molar-refractivity contribution in [3.8, 4) is 22.5 Å². The van der Waals surface area contributed by atoms with Crippen LogP contribution in [0.2, 0.25) is 0 Å². The second-order valence-electron chi connectivity index (χ2n) is 13.7. The standard InChI is InChI=1S/C36H50N8O8/c1-19-13-27(43(17-19)33(45)29(21(3)49-5)41-35(47)51-7)31-37-15-25(39-31)23-9-11-24(12-10-23)26-16-38-32(40-26)28-14-20(2)18-44(28)34(46)30(22(4)50-6)42-36(48)52-8/h9-12,15-16,19-22,27-30H,13-14,17-18H2,1-8H3,(H,37,39)(H,38,40)(H,41,47)(H,42,48)/t19-,20-,21+,22+,27-,28-,29-,30-/m0/s1. The van der Waals surface area contributed by atoms with E-state index in [1.54, 1.807) is 23.6 Å². The van der Waals surface area contributed by atoms with E-state index in [1.165, 1.54) is 28.4 Å². The number of amides is 4. The molecule has 2 aliphatic rings. The summed E-state index contributed by atoms with van der Waals surface area (Å²) in [6.45, 7) is 8.63. The second-order valence-corrected chi connectivity index (χ2v) is 13.7. The highest BCUT2D eigenvalue weighted by atomic mass is 16.5. The first kappa shape index (κ1) is 38.3. The molecule has 2 aromatic heterocycles. The van der Waals surface area contributed by atoms with E-state index in [1.807, 2.05) is 36.7 Å². The van der Waals surface area contributed by atoms with Crippen LogP contribution in [0.1, 0.15) is 64.3 Å². The maximum absolute atomic E-state index is 13.7. The molecule has 2 aliphatic heterocycles. The zero-order valence-corrected chi connectivity index (χ0v) is 31.0. The Labute approximate surface area is 303 Å². The van der Waals surface area contributed by atoms with E-state index < -0.39 is 36.5 Å². The highest BCUT2D eigenvalue weighted by Crippen LogP contribution is 2.37. The number of nitrogens with zero attached hydrogens (tertiary/aromatic N) is 4. The van der Waals surface area contributed by atoms with Gasteiger partial charge in [0, 0.05) is 50.8 Å². The minimum atomic E-state index is -0.921. The molecule has 52 heavy (non-hydrogen) atoms. The Balaban J connectivity index is 1.31. The Morgan fingerprint density at radius 2 is 1.06 bits per heavy atom. The molecule has 0 bridgehead atoms. The van der Waals surface area contributed by atoms with E-state index in [4.69, 9.17) is 28.9 Å². The van der Waals surface area contributed by atoms with Gasteiger partial charge >= 0.3 is 12.2 Å². The van der Waals surface area contributed by atoms with Crippen LogP contribution in [0.25, 0.3) is 22.5 Å². The molecule has 2 fully saturated rings. The van der Waals surface area contributed by atoms with E-state index in [2.05, 4.69) is 34.4 Å². The van der Waals surface area contributed by atoms with Crippen LogP contribution in [0.4, 0.5) is 9.59 Å². The first-order chi connectivity index (χ1) is 24.9. The number of hydrogen-bond acceptors (Lipinski definition) is 10. The molecule has 5 rings (SSSR count). The SMILES string of the molecule is COC(=O)N[C@H](C(=O)N1C[C@@H](C)C[C@H]1c1nc(-c2ccc(-c3c[nH]c([C@@H]4C[C@H](C)CN4C(=O)[C@@H](NC(=O)OC)[C@@H](C)OC)n3)cc2)c[nH]1)[C@@H](C)OC. The van der Waals surface area contributed by atoms with Gasteiger partial charge in [0.1, 0.15) is 23.7 Å². The molecule has 16 heteroatoms. The number of aromatic nitrogens is 4. The number of alkyl carbamates (subject to hydrolysis) is 2. The van der Waals surface area contributed by atoms with E-state index in [0.717, 1.165) is 22.5 Å². The summed E-state index contributed by atoms with van der Waals surface area (Å²) in [4.78, 5) is 71.3. The van der Waals surface area contributed by atoms with Crippen LogP contribution in [-0.4, -0.2) is 120 Å². The smallest absolute Gasteiger partial charge is 0.407 e. The number of aromatic amines is 2. The molecule has 282 valence electrons. The number of H-pyrrole nitrogens is 2. The van der Waals surface area contributed by atoms with Gasteiger partial charge in [-0.25, -0.2) is 19.6 Å². The van der Waals surface area contributed by atoms with Crippen molar-refractivity contribution in [1.29, 1.82) is 0 Å². The summed E-state index contributed by atoms with van der Waals surface area (Å²) in [6, 6.07) is 5.39. The van der Waals surface area contributed by atoms with Gasteiger partial charge < -0.3 is 49.3 Å². The lowest BCUT2D eigenvalue weighted by Crippen LogP contribution is -2.54. The molecule has 0 spiro atoms. The summed E-state index contributed by atoms with van der Waals surface area (Å²) in [5.41, 5.74) is 3.20. The fraction of sp³-hybridized carbons (Fsp3) is 0.556. The highest BCUT2D eigenvalue weighted by molar-refractivity contribution is 5.87. The molecule has 1 aromatic carbocycles. The van der Waals surface area contributed by atoms with Crippen LogP contribution in [-0.2, 0) is 28.5 Å². The third kappa shape index (κ3) is 8.23. The molecule has 0 aliphatic carbocycles. The Kier molecular flexibility index (Phi) is 12.2. The zero-order valence-electron chi connectivity index (χ0n) is 31.0. The predicted molar refractivity (Wildman–Crippen MR) is 190 cm³/mol. The van der Waals surface area contributed by atoms with Crippen LogP contribution in [0.15, 0.2) is 36.7 Å². The molecular formula is C36H50N8O8. The van der Waals surface area contributed by atoms with Crippen LogP contribution >= 0.6 is 0 Å². The van der Waals surface area contributed by atoms with E-state index in [-0.39, 0.29) is 35.7 Å². The summed E-state index contributed by atoms with van der Waals surface area (Å²) in [5, 5.41) is 5.24. The van der Waals surface area contributed by atoms with E-state index in [9.17, 15) is 19.2 Å². The van der Waals surface area contributed by atoms with Gasteiger partial charge in [0.2, 0.25) is 11.8 Å². The van der Waals surface area contributed by atoms with Gasteiger partial charge in [0.25, 0.3) is 0 Å². The number of carbonyl (C=O) groups is 4. The van der Waals surface area contributed by atoms with Crippen molar-refractivity contribution in [2.45, 2.75) is 76.9 Å². The van der Waals surface area contributed by atoms with Crippen molar-refractivity contribution in [1.82, 2.24) is 40.4 Å². The summed E-state index contributed by atoms with van der Waals surface area (Å²) in [6.07, 6.45) is 2.51. The van der Waals surface area contributed by atoms with Crippen molar-refractivity contribution in [2.75, 3.05) is 41.5 Å². The van der Waals surface area contributed by atoms with Crippen molar-refractivity contribution in [3.63, 3.8) is 0 Å². The normalized spacial score (nSPS) is 22.4. The average molecular weight is 723 g/mol. The third-order valence-corrected chi connectivity index (χ3v) is 10.0. The molecule has 3 aromatic rings. The van der Waals surface area contributed by atoms with Gasteiger partial charge in [-0.1, -0.05) is 38.1 Å². The van der Waals surface area contributed by atoms with Crippen molar-refractivity contribution in [3.05, 3.63) is 48.3 Å². The Morgan fingerprint density at radius 1 is 0.692 bits per heavy atom. The lowest BCUT2D eigenvalue weighted by atomic mass is 10.1. The molecule has 2 saturated heterocycles. The number of nitrogens with one attached hydrogen (secondary N) is 4. The number of ether oxygens (including phenoxy) is 4. The fourth-order valence-electron chi connectivity index (χ4n) is 6.98. The maximum Gasteiger partial charge on any atom is 0.407 e. The molecule has 0 radical (unpaired) electrons. The summed E-state index contributed by atoms with van der Waals surface area (Å²) >= 11 is 0. The van der Waals surface area contributed by atoms with Crippen molar-refractivity contribution in [2.24, 2.45) is 11.8 Å². The Hall–Kier alpha value is -4.96. The number of imidazole rings is 2. The summed E-state index contributed by atoms with van der Waals surface area (Å²) in [5.74, 6) is 1.23. The predicted octanol–water partition coefficient (Wildman–Crippen LogP) is 3.80. The molecule has 4 N–H and O–H groups in total. The lowest BCUT2D eigenvalue weighted by molar-refractivity contribution is -0.138. The van der Waals surface area contributed by atoms with Crippen molar-refractivity contribution >= 4 is 24.0 Å². The monoisotopic (exact) mass is 722 g/mol. The number of rotatable bonds is 12. The quantitative estimate of drug-likeness (QED) is 0.214. The second kappa shape index (κ2) is 16.6. The van der Waals surface area contributed by atoms with Crippen LogP contribution < -0.4 is 10.6 Å². The van der Waals surface area contributed by atoms with Crippen LogP contribution in [0.3, 0.4) is 0 Å². The lowest BCUT2D eigenvalue weighted by Gasteiger charge is -2.30. The number of carbonyl (C=O) groups excluding carboxylic acids is 4. The molecule has 4 amide bonds. The first-order valence-corrected chi connectivity index (χ1v) is 17.5. The summed E-state index contributed by atoms with van der Waals surface area (Å²) < 4.78 is 20.3. The van der Waals surface area contributed by atoms with E-state index in [0.29, 0.717) is 37.6 Å². The summed E-state index contributed by atoms with van der Waals surface area (Å²) in [7, 11) is 5.48. The van der Waals surface area contributed by atoms with Gasteiger partial charge in [0.15, 0.2) is 0 Å². The first-order valence-electron chi connectivity index (χ1n) is 17.5. The number of hydrogen-bond donors (Lipinski definition) is 4. The molecule has 16 nitrogen and oxygen atoms in total. The zero-order chi connectivity index (χ0) is 37.7. The van der Waals surface area contributed by atoms with Crippen LogP contribution in [0.5, 0.6) is 0 Å². The van der Waals surface area contributed by atoms with Crippen molar-refractivity contribution < 1.29 is 38.1 Å². The molecule has 8 atom stereocenters. The topological polar surface area (TPSA) is 193 Å². The maximum atomic E-state index is 13.7. The van der Waals surface area contributed by atoms with Gasteiger partial charge in [-0.15, -0.1) is 0 Å². The minimum Gasteiger partial charge on any atom is -0.453 e. The highest BCUT2D eigenvalue weighted by Gasteiger charge is 2.42. The largest absolute Gasteiger partial charge is 0.453 e. The Bertz CT molecular complexity index is 1590. The molecule has 4 heterocycles. The van der Waals surface area contributed by atoms with Crippen LogP contribution in [0, 0.1) is 11.8 Å². The average Bonchev–Trinajstić information content (AvgIpc) is 3.98. The van der Waals surface area contributed by atoms with Gasteiger partial charge in [0.05, 0.1) is 49.9 Å². The fourth-order valence-corrected chi connectivity index (χ4v) is 6.98. The number of likely N-dealkylation sites (tertiary alicyclic amines) is 2. The van der Waals surface area contributed by atoms with Gasteiger partial charge in [-0.05, 0) is 38.5 Å². The Morgan fingerprint density at radius 3 is 1.38 bits per heavy atom.